The van der Waals surface area contributed by atoms with E-state index < -0.39 is 5.91 Å². The van der Waals surface area contributed by atoms with Gasteiger partial charge in [-0.15, -0.1) is 0 Å². The Labute approximate surface area is 178 Å². The number of hydrogen-bond acceptors (Lipinski definition) is 3. The molecule has 0 bridgehead atoms. The highest BCUT2D eigenvalue weighted by atomic mass is 35.5. The van der Waals surface area contributed by atoms with Gasteiger partial charge in [-0.25, -0.2) is 0 Å². The maximum atomic E-state index is 12.7. The van der Waals surface area contributed by atoms with Gasteiger partial charge in [0.2, 0.25) is 0 Å². The van der Waals surface area contributed by atoms with E-state index in [4.69, 9.17) is 27.9 Å². The molecule has 148 valence electrons. The molecule has 0 radical (unpaired) electrons. The molecule has 0 fully saturated rings. The van der Waals surface area contributed by atoms with Gasteiger partial charge in [-0.05, 0) is 48.0 Å². The van der Waals surface area contributed by atoms with E-state index in [2.05, 4.69) is 10.6 Å². The lowest BCUT2D eigenvalue weighted by molar-refractivity contribution is 0.0952. The number of ether oxygens (including phenoxy) is 1. The highest BCUT2D eigenvalue weighted by molar-refractivity contribution is 6.37. The van der Waals surface area contributed by atoms with Crippen LogP contribution in [0.2, 0.25) is 10.0 Å². The average molecular weight is 429 g/mol. The van der Waals surface area contributed by atoms with Crippen LogP contribution in [0.4, 0.5) is 5.69 Å². The van der Waals surface area contributed by atoms with Gasteiger partial charge >= 0.3 is 0 Å². The summed E-state index contributed by atoms with van der Waals surface area (Å²) in [7, 11) is 1.60. The lowest BCUT2D eigenvalue weighted by Crippen LogP contribution is -2.25. The number of amides is 2. The van der Waals surface area contributed by atoms with Crippen LogP contribution in [0, 0.1) is 0 Å². The van der Waals surface area contributed by atoms with Crippen LogP contribution >= 0.6 is 23.2 Å². The van der Waals surface area contributed by atoms with Crippen LogP contribution in [0.15, 0.2) is 66.7 Å². The van der Waals surface area contributed by atoms with Gasteiger partial charge in [0.1, 0.15) is 5.75 Å². The molecule has 0 spiro atoms. The standard InChI is InChI=1S/C22H18Cl2N2O3/c1-29-16-9-6-14(7-10-16)13-25-21(27)18-4-2-3-5-20(18)26-22(28)17-11-8-15(23)12-19(17)24/h2-12H,13H2,1H3,(H,25,27)(H,26,28). The molecule has 7 heteroatoms. The maximum Gasteiger partial charge on any atom is 0.257 e. The molecule has 0 saturated heterocycles. The number of halogens is 2. The molecule has 3 rings (SSSR count). The predicted molar refractivity (Wildman–Crippen MR) is 115 cm³/mol. The summed E-state index contributed by atoms with van der Waals surface area (Å²) in [5.74, 6) is 0.00925. The third kappa shape index (κ3) is 5.28. The molecule has 0 unspecified atom stereocenters. The van der Waals surface area contributed by atoms with Gasteiger partial charge in [-0.3, -0.25) is 9.59 Å². The first-order chi connectivity index (χ1) is 14.0. The highest BCUT2D eigenvalue weighted by Crippen LogP contribution is 2.23. The fraction of sp³-hybridized carbons (Fsp3) is 0.0909. The molecular weight excluding hydrogens is 411 g/mol. The predicted octanol–water partition coefficient (Wildman–Crippen LogP) is 5.18. The molecular formula is C22H18Cl2N2O3. The second-order valence-corrected chi connectivity index (χ2v) is 7.00. The van der Waals surface area contributed by atoms with E-state index in [9.17, 15) is 9.59 Å². The molecule has 5 nitrogen and oxygen atoms in total. The molecule has 0 heterocycles. The second kappa shape index (κ2) is 9.45. The van der Waals surface area contributed by atoms with Gasteiger partial charge < -0.3 is 15.4 Å². The summed E-state index contributed by atoms with van der Waals surface area (Å²) in [6, 6.07) is 18.8. The first kappa shape index (κ1) is 20.7. The van der Waals surface area contributed by atoms with E-state index in [0.717, 1.165) is 11.3 Å². The Morgan fingerprint density at radius 3 is 2.31 bits per heavy atom. The first-order valence-electron chi connectivity index (χ1n) is 8.74. The number of anilines is 1. The molecule has 2 amide bonds. The summed E-state index contributed by atoms with van der Waals surface area (Å²) < 4.78 is 5.12. The van der Waals surface area contributed by atoms with E-state index in [-0.39, 0.29) is 16.5 Å². The lowest BCUT2D eigenvalue weighted by atomic mass is 10.1. The second-order valence-electron chi connectivity index (χ2n) is 6.15. The normalized spacial score (nSPS) is 10.3. The minimum Gasteiger partial charge on any atom is -0.497 e. The maximum absolute atomic E-state index is 12.7. The van der Waals surface area contributed by atoms with Crippen molar-refractivity contribution in [2.75, 3.05) is 12.4 Å². The fourth-order valence-corrected chi connectivity index (χ4v) is 3.17. The Hall–Kier alpha value is -3.02. The van der Waals surface area contributed by atoms with Gasteiger partial charge in [0, 0.05) is 11.6 Å². The number of benzene rings is 3. The smallest absolute Gasteiger partial charge is 0.257 e. The largest absolute Gasteiger partial charge is 0.497 e. The van der Waals surface area contributed by atoms with Crippen LogP contribution < -0.4 is 15.4 Å². The van der Waals surface area contributed by atoms with Crippen LogP contribution in [0.1, 0.15) is 26.3 Å². The molecule has 2 N–H and O–H groups in total. The summed E-state index contributed by atoms with van der Waals surface area (Å²) in [6.07, 6.45) is 0. The Balaban J connectivity index is 1.72. The Bertz CT molecular complexity index is 1040. The molecule has 0 aromatic heterocycles. The number of carbonyl (C=O) groups is 2. The minimum atomic E-state index is -0.429. The summed E-state index contributed by atoms with van der Waals surface area (Å²) >= 11 is 12.0. The molecule has 3 aromatic rings. The summed E-state index contributed by atoms with van der Waals surface area (Å²) in [6.45, 7) is 0.341. The number of rotatable bonds is 6. The number of para-hydroxylation sites is 1. The average Bonchev–Trinajstić information content (AvgIpc) is 2.72. The number of methoxy groups -OCH3 is 1. The van der Waals surface area contributed by atoms with E-state index in [1.807, 2.05) is 24.3 Å². The highest BCUT2D eigenvalue weighted by Gasteiger charge is 2.16. The Morgan fingerprint density at radius 1 is 0.897 bits per heavy atom. The van der Waals surface area contributed by atoms with E-state index in [1.54, 1.807) is 37.4 Å². The number of hydrogen-bond donors (Lipinski definition) is 2. The van der Waals surface area contributed by atoms with Crippen molar-refractivity contribution in [1.82, 2.24) is 5.32 Å². The topological polar surface area (TPSA) is 67.4 Å². The summed E-state index contributed by atoms with van der Waals surface area (Å²) in [5.41, 5.74) is 1.92. The van der Waals surface area contributed by atoms with Crippen molar-refractivity contribution in [3.05, 3.63) is 93.5 Å². The SMILES string of the molecule is COc1ccc(CNC(=O)c2ccccc2NC(=O)c2ccc(Cl)cc2Cl)cc1. The molecule has 0 atom stereocenters. The molecule has 0 aliphatic heterocycles. The van der Waals surface area contributed by atoms with Gasteiger partial charge in [-0.1, -0.05) is 47.5 Å². The van der Waals surface area contributed by atoms with Crippen LogP contribution in [0.25, 0.3) is 0 Å². The van der Waals surface area contributed by atoms with Crippen LogP contribution in [0.5, 0.6) is 5.75 Å². The van der Waals surface area contributed by atoms with Gasteiger partial charge in [0.25, 0.3) is 11.8 Å². The third-order valence-corrected chi connectivity index (χ3v) is 4.76. The van der Waals surface area contributed by atoms with E-state index >= 15 is 0 Å². The first-order valence-corrected chi connectivity index (χ1v) is 9.50. The van der Waals surface area contributed by atoms with E-state index in [1.165, 1.54) is 12.1 Å². The quantitative estimate of drug-likeness (QED) is 0.567. The number of carbonyl (C=O) groups excluding carboxylic acids is 2. The molecule has 29 heavy (non-hydrogen) atoms. The molecule has 0 saturated carbocycles. The summed E-state index contributed by atoms with van der Waals surface area (Å²) in [4.78, 5) is 25.2. The van der Waals surface area contributed by atoms with Crippen molar-refractivity contribution in [1.29, 1.82) is 0 Å². The number of nitrogens with one attached hydrogen (secondary N) is 2. The lowest BCUT2D eigenvalue weighted by Gasteiger charge is -2.12. The van der Waals surface area contributed by atoms with Crippen LogP contribution in [-0.4, -0.2) is 18.9 Å². The van der Waals surface area contributed by atoms with Crippen molar-refractivity contribution in [3.8, 4) is 5.75 Å². The van der Waals surface area contributed by atoms with E-state index in [0.29, 0.717) is 22.8 Å². The van der Waals surface area contributed by atoms with Gasteiger partial charge in [0.15, 0.2) is 0 Å². The minimum absolute atomic E-state index is 0.233. The van der Waals surface area contributed by atoms with Crippen LogP contribution in [-0.2, 0) is 6.54 Å². The zero-order valence-corrected chi connectivity index (χ0v) is 17.1. The van der Waals surface area contributed by atoms with Crippen LogP contribution in [0.3, 0.4) is 0 Å². The molecule has 0 aliphatic carbocycles. The third-order valence-electron chi connectivity index (χ3n) is 4.21. The zero-order chi connectivity index (χ0) is 20.8. The Morgan fingerprint density at radius 2 is 1.62 bits per heavy atom. The fourth-order valence-electron chi connectivity index (χ4n) is 2.67. The van der Waals surface area contributed by atoms with Crippen molar-refractivity contribution in [3.63, 3.8) is 0 Å². The zero-order valence-electron chi connectivity index (χ0n) is 15.5. The van der Waals surface area contributed by atoms with Crippen molar-refractivity contribution in [2.24, 2.45) is 0 Å². The monoisotopic (exact) mass is 428 g/mol. The Kier molecular flexibility index (Phi) is 6.75. The summed E-state index contributed by atoms with van der Waals surface area (Å²) in [5, 5.41) is 6.26. The molecule has 3 aromatic carbocycles. The van der Waals surface area contributed by atoms with Gasteiger partial charge in [0.05, 0.1) is 28.9 Å². The van der Waals surface area contributed by atoms with Gasteiger partial charge in [-0.2, -0.15) is 0 Å². The van der Waals surface area contributed by atoms with Crippen molar-refractivity contribution < 1.29 is 14.3 Å². The molecule has 0 aliphatic rings. The van der Waals surface area contributed by atoms with Crippen molar-refractivity contribution >= 4 is 40.7 Å². The van der Waals surface area contributed by atoms with Crippen molar-refractivity contribution in [2.45, 2.75) is 6.54 Å².